The summed E-state index contributed by atoms with van der Waals surface area (Å²) in [6.07, 6.45) is 4.34. The van der Waals surface area contributed by atoms with Gasteiger partial charge in [-0.15, -0.1) is 0 Å². The monoisotopic (exact) mass is 284 g/mol. The standard InChI is InChI=1S/C16H20N4O/c21-16-8-13(18-15-5-1-2-7-20(15)16)11-19-6-3-4-12-9-17-10-14(12)19/h1-2,5,7-8,12,14,17H,3-4,6,9-11H2. The van der Waals surface area contributed by atoms with Crippen LogP contribution in [0.3, 0.4) is 0 Å². The predicted molar refractivity (Wildman–Crippen MR) is 81.3 cm³/mol. The molecule has 0 spiro atoms. The van der Waals surface area contributed by atoms with Crippen LogP contribution in [0.4, 0.5) is 0 Å². The fraction of sp³-hybridized carbons (Fsp3) is 0.500. The Hall–Kier alpha value is -1.72. The molecule has 2 aromatic heterocycles. The van der Waals surface area contributed by atoms with Gasteiger partial charge in [0.25, 0.3) is 5.56 Å². The molecule has 5 heteroatoms. The first-order valence-electron chi connectivity index (χ1n) is 7.73. The molecule has 0 aromatic carbocycles. The highest BCUT2D eigenvalue weighted by molar-refractivity contribution is 5.38. The Bertz CT molecular complexity index is 711. The summed E-state index contributed by atoms with van der Waals surface area (Å²) in [5.41, 5.74) is 1.63. The van der Waals surface area contributed by atoms with Gasteiger partial charge in [-0.2, -0.15) is 0 Å². The minimum atomic E-state index is 0.00806. The number of hydrogen-bond donors (Lipinski definition) is 1. The summed E-state index contributed by atoms with van der Waals surface area (Å²) in [7, 11) is 0. The number of fused-ring (bicyclic) bond motifs is 2. The maximum absolute atomic E-state index is 12.2. The van der Waals surface area contributed by atoms with E-state index in [9.17, 15) is 4.79 Å². The third-order valence-corrected chi connectivity index (χ3v) is 4.78. The summed E-state index contributed by atoms with van der Waals surface area (Å²) in [6.45, 7) is 4.09. The number of hydrogen-bond acceptors (Lipinski definition) is 4. The maximum atomic E-state index is 12.2. The van der Waals surface area contributed by atoms with Crippen molar-refractivity contribution in [3.8, 4) is 0 Å². The number of rotatable bonds is 2. The van der Waals surface area contributed by atoms with Crippen LogP contribution in [0.15, 0.2) is 35.3 Å². The second kappa shape index (κ2) is 5.24. The highest BCUT2D eigenvalue weighted by Gasteiger charge is 2.34. The first kappa shape index (κ1) is 13.0. The van der Waals surface area contributed by atoms with Gasteiger partial charge in [-0.05, 0) is 44.0 Å². The molecule has 2 aromatic rings. The van der Waals surface area contributed by atoms with Crippen LogP contribution in [0.25, 0.3) is 5.65 Å². The highest BCUT2D eigenvalue weighted by atomic mass is 16.1. The van der Waals surface area contributed by atoms with E-state index in [-0.39, 0.29) is 5.56 Å². The molecule has 4 rings (SSSR count). The van der Waals surface area contributed by atoms with E-state index >= 15 is 0 Å². The molecule has 2 atom stereocenters. The summed E-state index contributed by atoms with van der Waals surface area (Å²) in [6, 6.07) is 7.95. The van der Waals surface area contributed by atoms with Gasteiger partial charge in [0.2, 0.25) is 0 Å². The van der Waals surface area contributed by atoms with Crippen molar-refractivity contribution in [1.82, 2.24) is 19.6 Å². The lowest BCUT2D eigenvalue weighted by Gasteiger charge is -2.36. The van der Waals surface area contributed by atoms with Crippen molar-refractivity contribution in [2.24, 2.45) is 5.92 Å². The summed E-state index contributed by atoms with van der Waals surface area (Å²) in [4.78, 5) is 19.3. The van der Waals surface area contributed by atoms with Crippen molar-refractivity contribution in [3.63, 3.8) is 0 Å². The highest BCUT2D eigenvalue weighted by Crippen LogP contribution is 2.27. The normalized spacial score (nSPS) is 26.1. The molecule has 0 aliphatic carbocycles. The van der Waals surface area contributed by atoms with Crippen molar-refractivity contribution >= 4 is 5.65 Å². The number of likely N-dealkylation sites (tertiary alicyclic amines) is 1. The Balaban J connectivity index is 1.63. The second-order valence-electron chi connectivity index (χ2n) is 6.11. The molecule has 2 fully saturated rings. The average Bonchev–Trinajstić information content (AvgIpc) is 2.97. The van der Waals surface area contributed by atoms with Crippen LogP contribution in [0.2, 0.25) is 0 Å². The van der Waals surface area contributed by atoms with Crippen LogP contribution >= 0.6 is 0 Å². The fourth-order valence-electron chi connectivity index (χ4n) is 3.75. The Labute approximate surface area is 123 Å². The van der Waals surface area contributed by atoms with Crippen molar-refractivity contribution < 1.29 is 0 Å². The predicted octanol–water partition coefficient (Wildman–Crippen LogP) is 0.878. The molecule has 110 valence electrons. The number of aromatic nitrogens is 2. The largest absolute Gasteiger partial charge is 0.315 e. The minimum Gasteiger partial charge on any atom is -0.315 e. The van der Waals surface area contributed by atoms with Gasteiger partial charge < -0.3 is 5.32 Å². The third kappa shape index (κ3) is 2.36. The topological polar surface area (TPSA) is 49.6 Å². The Morgan fingerprint density at radius 1 is 1.33 bits per heavy atom. The molecule has 0 bridgehead atoms. The summed E-state index contributed by atoms with van der Waals surface area (Å²) >= 11 is 0. The van der Waals surface area contributed by atoms with Crippen LogP contribution in [0.5, 0.6) is 0 Å². The average molecular weight is 284 g/mol. The number of nitrogens with zero attached hydrogens (tertiary/aromatic N) is 3. The van der Waals surface area contributed by atoms with E-state index in [1.807, 2.05) is 18.2 Å². The summed E-state index contributed by atoms with van der Waals surface area (Å²) in [5.74, 6) is 0.764. The third-order valence-electron chi connectivity index (χ3n) is 4.78. The van der Waals surface area contributed by atoms with Gasteiger partial charge in [0.15, 0.2) is 0 Å². The Kier molecular flexibility index (Phi) is 3.24. The smallest absolute Gasteiger partial charge is 0.258 e. The lowest BCUT2D eigenvalue weighted by molar-refractivity contribution is 0.116. The summed E-state index contributed by atoms with van der Waals surface area (Å²) < 4.78 is 1.60. The minimum absolute atomic E-state index is 0.00806. The second-order valence-corrected chi connectivity index (χ2v) is 6.11. The van der Waals surface area contributed by atoms with Crippen LogP contribution in [0, 0.1) is 5.92 Å². The van der Waals surface area contributed by atoms with Gasteiger partial charge in [-0.25, -0.2) is 4.98 Å². The zero-order valence-electron chi connectivity index (χ0n) is 12.0. The lowest BCUT2D eigenvalue weighted by Crippen LogP contribution is -2.44. The van der Waals surface area contributed by atoms with Gasteiger partial charge in [0.05, 0.1) is 5.69 Å². The first-order valence-corrected chi connectivity index (χ1v) is 7.73. The van der Waals surface area contributed by atoms with Crippen LogP contribution in [0.1, 0.15) is 18.5 Å². The Morgan fingerprint density at radius 2 is 2.29 bits per heavy atom. The quantitative estimate of drug-likeness (QED) is 0.889. The zero-order valence-corrected chi connectivity index (χ0v) is 12.0. The molecule has 1 N–H and O–H groups in total. The van der Waals surface area contributed by atoms with Gasteiger partial charge >= 0.3 is 0 Å². The van der Waals surface area contributed by atoms with E-state index in [0.717, 1.165) is 43.4 Å². The first-order chi connectivity index (χ1) is 10.3. The SMILES string of the molecule is O=c1cc(CN2CCCC3CNCC32)nc2ccccn12. The lowest BCUT2D eigenvalue weighted by atomic mass is 9.92. The number of nitrogens with one attached hydrogen (secondary N) is 1. The molecule has 21 heavy (non-hydrogen) atoms. The van der Waals surface area contributed by atoms with E-state index < -0.39 is 0 Å². The van der Waals surface area contributed by atoms with Crippen molar-refractivity contribution in [3.05, 3.63) is 46.5 Å². The van der Waals surface area contributed by atoms with E-state index in [0.29, 0.717) is 6.04 Å². The number of pyridine rings is 1. The molecule has 2 aliphatic heterocycles. The molecule has 2 saturated heterocycles. The Morgan fingerprint density at radius 3 is 3.24 bits per heavy atom. The molecule has 5 nitrogen and oxygen atoms in total. The van der Waals surface area contributed by atoms with E-state index in [4.69, 9.17) is 0 Å². The number of piperidine rings is 1. The summed E-state index contributed by atoms with van der Waals surface area (Å²) in [5, 5.41) is 3.49. The van der Waals surface area contributed by atoms with Crippen LogP contribution < -0.4 is 10.9 Å². The van der Waals surface area contributed by atoms with Crippen LogP contribution in [-0.4, -0.2) is 40.0 Å². The molecule has 4 heterocycles. The van der Waals surface area contributed by atoms with Crippen molar-refractivity contribution in [2.75, 3.05) is 19.6 Å². The van der Waals surface area contributed by atoms with Gasteiger partial charge in [-0.3, -0.25) is 14.1 Å². The molecule has 2 aliphatic rings. The van der Waals surface area contributed by atoms with Crippen LogP contribution in [-0.2, 0) is 6.54 Å². The molecule has 0 saturated carbocycles. The van der Waals surface area contributed by atoms with Crippen molar-refractivity contribution in [1.29, 1.82) is 0 Å². The van der Waals surface area contributed by atoms with Gasteiger partial charge in [0, 0.05) is 31.4 Å². The van der Waals surface area contributed by atoms with Gasteiger partial charge in [-0.1, -0.05) is 6.07 Å². The molecule has 0 amide bonds. The molecule has 2 unspecified atom stereocenters. The molecular formula is C16H20N4O. The fourth-order valence-corrected chi connectivity index (χ4v) is 3.75. The van der Waals surface area contributed by atoms with E-state index in [1.54, 1.807) is 16.7 Å². The van der Waals surface area contributed by atoms with Gasteiger partial charge in [0.1, 0.15) is 5.65 Å². The maximum Gasteiger partial charge on any atom is 0.258 e. The zero-order chi connectivity index (χ0) is 14.2. The van der Waals surface area contributed by atoms with E-state index in [2.05, 4.69) is 15.2 Å². The molecular weight excluding hydrogens is 264 g/mol. The van der Waals surface area contributed by atoms with Crippen molar-refractivity contribution in [2.45, 2.75) is 25.4 Å². The molecule has 0 radical (unpaired) electrons. The van der Waals surface area contributed by atoms with E-state index in [1.165, 1.54) is 12.8 Å².